The molecule has 0 atom stereocenters. The average Bonchev–Trinajstić information content (AvgIpc) is 1.62. The van der Waals surface area contributed by atoms with Gasteiger partial charge in [-0.3, -0.25) is 0 Å². The summed E-state index contributed by atoms with van der Waals surface area (Å²) in [5.41, 5.74) is 0. The van der Waals surface area contributed by atoms with Crippen molar-refractivity contribution >= 4 is 0 Å². The lowest BCUT2D eigenvalue weighted by Crippen LogP contribution is -1.64. The van der Waals surface area contributed by atoms with E-state index < -0.39 is 0 Å². The van der Waals surface area contributed by atoms with E-state index in [4.69, 9.17) is 0 Å². The summed E-state index contributed by atoms with van der Waals surface area (Å²) in [5, 5.41) is 0. The molecule has 0 heterocycles. The fraction of sp³-hybridized carbons (Fsp3) is 0.250. The lowest BCUT2D eigenvalue weighted by atomic mass is 10.2. The van der Waals surface area contributed by atoms with Crippen LogP contribution in [0.3, 0.4) is 0 Å². The van der Waals surface area contributed by atoms with Gasteiger partial charge in [-0.25, -0.2) is 0 Å². The van der Waals surface area contributed by atoms with Crippen LogP contribution in [0.4, 0.5) is 0 Å². The van der Waals surface area contributed by atoms with Crippen molar-refractivity contribution in [3.63, 3.8) is 0 Å². The number of allylic oxidation sites excluding steroid dienone is 6. The van der Waals surface area contributed by atoms with Gasteiger partial charge < -0.3 is 0 Å². The molecule has 0 nitrogen and oxygen atoms in total. The third-order valence-electron chi connectivity index (χ3n) is 1.02. The topological polar surface area (TPSA) is 0 Å². The van der Waals surface area contributed by atoms with Gasteiger partial charge in [-0.05, 0) is 18.9 Å². The first-order valence-corrected chi connectivity index (χ1v) is 2.88. The monoisotopic (exact) mass is 105 g/mol. The van der Waals surface area contributed by atoms with Crippen molar-refractivity contribution in [2.75, 3.05) is 0 Å². The molecular formula is C8H9. The van der Waals surface area contributed by atoms with Gasteiger partial charge in [-0.1, -0.05) is 30.4 Å². The molecule has 0 aromatic carbocycles. The van der Waals surface area contributed by atoms with Gasteiger partial charge in [0.1, 0.15) is 0 Å². The Morgan fingerprint density at radius 1 is 1.00 bits per heavy atom. The molecule has 0 heteroatoms. The summed E-state index contributed by atoms with van der Waals surface area (Å²) in [6, 6.07) is 0. The molecule has 0 bridgehead atoms. The molecule has 41 valence electrons. The molecule has 8 heavy (non-hydrogen) atoms. The van der Waals surface area contributed by atoms with Gasteiger partial charge in [-0.2, -0.15) is 0 Å². The van der Waals surface area contributed by atoms with Crippen LogP contribution in [0.25, 0.3) is 0 Å². The first-order valence-electron chi connectivity index (χ1n) is 2.88. The second-order valence-electron chi connectivity index (χ2n) is 1.72. The molecular weight excluding hydrogens is 96.1 g/mol. The second-order valence-corrected chi connectivity index (χ2v) is 1.72. The summed E-state index contributed by atoms with van der Waals surface area (Å²) in [6.45, 7) is 0. The van der Waals surface area contributed by atoms with Crippen LogP contribution in [-0.2, 0) is 0 Å². The molecule has 1 aliphatic carbocycles. The quantitative estimate of drug-likeness (QED) is 0.414. The summed E-state index contributed by atoms with van der Waals surface area (Å²) >= 11 is 0. The van der Waals surface area contributed by atoms with Gasteiger partial charge in [0.2, 0.25) is 0 Å². The van der Waals surface area contributed by atoms with Gasteiger partial charge in [0.25, 0.3) is 0 Å². The summed E-state index contributed by atoms with van der Waals surface area (Å²) in [7, 11) is 0. The third kappa shape index (κ3) is 1.78. The van der Waals surface area contributed by atoms with Crippen LogP contribution in [0.15, 0.2) is 30.4 Å². The van der Waals surface area contributed by atoms with E-state index in [0.717, 1.165) is 12.8 Å². The minimum atomic E-state index is 1.03. The van der Waals surface area contributed by atoms with Crippen LogP contribution < -0.4 is 0 Å². The SMILES string of the molecule is [C]1=CCC=CCC=C1. The molecule has 0 N–H and O–H groups in total. The van der Waals surface area contributed by atoms with Gasteiger partial charge in [0, 0.05) is 0 Å². The summed E-state index contributed by atoms with van der Waals surface area (Å²) in [5.74, 6) is 0. The smallest absolute Gasteiger partial charge is 0.0160 e. The van der Waals surface area contributed by atoms with Crippen LogP contribution in [0.5, 0.6) is 0 Å². The van der Waals surface area contributed by atoms with E-state index in [2.05, 4.69) is 24.3 Å². The Morgan fingerprint density at radius 2 is 1.88 bits per heavy atom. The number of hydrogen-bond donors (Lipinski definition) is 0. The molecule has 1 aliphatic rings. The zero-order chi connectivity index (χ0) is 5.66. The first kappa shape index (κ1) is 5.36. The zero-order valence-corrected chi connectivity index (χ0v) is 4.80. The summed E-state index contributed by atoms with van der Waals surface area (Å²) in [4.78, 5) is 0. The minimum absolute atomic E-state index is 1.03. The molecule has 0 aromatic rings. The van der Waals surface area contributed by atoms with Gasteiger partial charge >= 0.3 is 0 Å². The van der Waals surface area contributed by atoms with Crippen LogP contribution in [0.2, 0.25) is 0 Å². The number of rotatable bonds is 0. The molecule has 0 amide bonds. The van der Waals surface area contributed by atoms with E-state index in [1.165, 1.54) is 0 Å². The van der Waals surface area contributed by atoms with Crippen molar-refractivity contribution in [2.45, 2.75) is 12.8 Å². The molecule has 0 saturated heterocycles. The highest BCUT2D eigenvalue weighted by Crippen LogP contribution is 1.94. The van der Waals surface area contributed by atoms with Gasteiger partial charge in [0.05, 0.1) is 0 Å². The Bertz CT molecular complexity index is 111. The maximum atomic E-state index is 3.03. The highest BCUT2D eigenvalue weighted by Gasteiger charge is 1.74. The van der Waals surface area contributed by atoms with E-state index in [1.54, 1.807) is 0 Å². The molecule has 1 radical (unpaired) electrons. The molecule has 0 spiro atoms. The van der Waals surface area contributed by atoms with Crippen LogP contribution in [0.1, 0.15) is 12.8 Å². The Balaban J connectivity index is 2.51. The van der Waals surface area contributed by atoms with E-state index >= 15 is 0 Å². The van der Waals surface area contributed by atoms with Gasteiger partial charge in [0.15, 0.2) is 0 Å². The van der Waals surface area contributed by atoms with Crippen molar-refractivity contribution in [1.29, 1.82) is 0 Å². The lowest BCUT2D eigenvalue weighted by molar-refractivity contribution is 1.28. The van der Waals surface area contributed by atoms with Crippen molar-refractivity contribution < 1.29 is 0 Å². The highest BCUT2D eigenvalue weighted by atomic mass is 13.8. The van der Waals surface area contributed by atoms with E-state index in [0.29, 0.717) is 0 Å². The van der Waals surface area contributed by atoms with Crippen molar-refractivity contribution in [2.24, 2.45) is 0 Å². The predicted molar refractivity (Wildman–Crippen MR) is 35.3 cm³/mol. The van der Waals surface area contributed by atoms with Crippen LogP contribution in [-0.4, -0.2) is 0 Å². The fourth-order valence-electron chi connectivity index (χ4n) is 0.611. The van der Waals surface area contributed by atoms with E-state index in [1.807, 2.05) is 12.2 Å². The Kier molecular flexibility index (Phi) is 2.18. The van der Waals surface area contributed by atoms with Crippen LogP contribution in [0, 0.1) is 6.08 Å². The normalized spacial score (nSPS) is 18.0. The Hall–Kier alpha value is -0.780. The molecule has 0 aromatic heterocycles. The van der Waals surface area contributed by atoms with Crippen molar-refractivity contribution in [3.8, 4) is 0 Å². The standard InChI is InChI=1S/C8H9/c1-2-4-6-8-7-5-3-1/h1-2,5-7H,3-4H2. The minimum Gasteiger partial charge on any atom is -0.0844 e. The molecule has 1 rings (SSSR count). The molecule has 0 saturated carbocycles. The van der Waals surface area contributed by atoms with Crippen molar-refractivity contribution in [3.05, 3.63) is 36.5 Å². The molecule has 0 unspecified atom stereocenters. The number of hydrogen-bond acceptors (Lipinski definition) is 0. The van der Waals surface area contributed by atoms with Gasteiger partial charge in [-0.15, -0.1) is 0 Å². The lowest BCUT2D eigenvalue weighted by Gasteiger charge is -1.84. The fourth-order valence-corrected chi connectivity index (χ4v) is 0.611. The van der Waals surface area contributed by atoms with E-state index in [-0.39, 0.29) is 0 Å². The third-order valence-corrected chi connectivity index (χ3v) is 1.02. The highest BCUT2D eigenvalue weighted by molar-refractivity contribution is 5.04. The first-order chi connectivity index (χ1) is 4.00. The summed E-state index contributed by atoms with van der Waals surface area (Å²) in [6.07, 6.45) is 15.5. The molecule has 0 fully saturated rings. The van der Waals surface area contributed by atoms with Crippen LogP contribution >= 0.6 is 0 Å². The zero-order valence-electron chi connectivity index (χ0n) is 4.80. The Morgan fingerprint density at radius 3 is 2.88 bits per heavy atom. The maximum Gasteiger partial charge on any atom is -0.0160 e. The van der Waals surface area contributed by atoms with Crippen molar-refractivity contribution in [1.82, 2.24) is 0 Å². The maximum absolute atomic E-state index is 3.03. The predicted octanol–water partition coefficient (Wildman–Crippen LogP) is 2.25. The Labute approximate surface area is 50.2 Å². The average molecular weight is 105 g/mol. The molecule has 0 aliphatic heterocycles. The van der Waals surface area contributed by atoms with E-state index in [9.17, 15) is 0 Å². The summed E-state index contributed by atoms with van der Waals surface area (Å²) < 4.78 is 0. The second kappa shape index (κ2) is 3.25. The largest absolute Gasteiger partial charge is 0.0844 e.